The van der Waals surface area contributed by atoms with Crippen LogP contribution >= 0.6 is 0 Å². The van der Waals surface area contributed by atoms with Crippen molar-refractivity contribution in [1.82, 2.24) is 9.97 Å². The van der Waals surface area contributed by atoms with E-state index in [1.165, 1.54) is 12.1 Å². The zero-order valence-electron chi connectivity index (χ0n) is 18.1. The molecule has 0 radical (unpaired) electrons. The van der Waals surface area contributed by atoms with Gasteiger partial charge in [-0.05, 0) is 30.4 Å². The monoisotopic (exact) mass is 463 g/mol. The number of anilines is 3. The van der Waals surface area contributed by atoms with Gasteiger partial charge in [0, 0.05) is 19.5 Å². The minimum absolute atomic E-state index is 0.0415. The van der Waals surface area contributed by atoms with Gasteiger partial charge in [0.05, 0.1) is 22.7 Å². The normalized spacial score (nSPS) is 23.0. The second kappa shape index (κ2) is 8.53. The molecule has 2 amide bonds. The molecule has 0 spiro atoms. The Balaban J connectivity index is 1.66. The van der Waals surface area contributed by atoms with Gasteiger partial charge in [-0.15, -0.1) is 0 Å². The molecule has 4 rings (SSSR count). The highest BCUT2D eigenvalue weighted by Crippen LogP contribution is 2.36. The molecule has 3 atom stereocenters. The van der Waals surface area contributed by atoms with Crippen molar-refractivity contribution in [2.24, 2.45) is 11.8 Å². The average molecular weight is 463 g/mol. The number of aromatic nitrogens is 2. The first-order valence-electron chi connectivity index (χ1n) is 10.7. The van der Waals surface area contributed by atoms with Crippen LogP contribution in [0.5, 0.6) is 0 Å². The number of carbonyl (C=O) groups is 2. The first-order valence-corrected chi connectivity index (χ1v) is 10.7. The van der Waals surface area contributed by atoms with Crippen molar-refractivity contribution in [2.75, 3.05) is 28.6 Å². The molecule has 1 aromatic heterocycles. The van der Waals surface area contributed by atoms with Crippen molar-refractivity contribution in [3.8, 4) is 0 Å². The first kappa shape index (κ1) is 22.8. The van der Waals surface area contributed by atoms with Gasteiger partial charge in [0.1, 0.15) is 5.82 Å². The van der Waals surface area contributed by atoms with Crippen LogP contribution in [0.2, 0.25) is 0 Å². The fourth-order valence-corrected chi connectivity index (χ4v) is 4.63. The molecule has 1 saturated heterocycles. The Morgan fingerprint density at radius 1 is 1.15 bits per heavy atom. The molecule has 0 bridgehead atoms. The van der Waals surface area contributed by atoms with Gasteiger partial charge in [0.25, 0.3) is 5.56 Å². The highest BCUT2D eigenvalue weighted by molar-refractivity contribution is 6.04. The summed E-state index contributed by atoms with van der Waals surface area (Å²) in [5, 5.41) is 4.77. The maximum absolute atomic E-state index is 13.3. The van der Waals surface area contributed by atoms with Crippen LogP contribution in [0.3, 0.4) is 0 Å². The molecule has 0 saturated carbocycles. The summed E-state index contributed by atoms with van der Waals surface area (Å²) in [6.45, 7) is 5.55. The van der Waals surface area contributed by atoms with Crippen LogP contribution in [0, 0.1) is 11.8 Å². The summed E-state index contributed by atoms with van der Waals surface area (Å²) in [5.41, 5.74) is -2.14. The molecule has 2 aromatic rings. The van der Waals surface area contributed by atoms with E-state index in [2.05, 4.69) is 34.4 Å². The molecule has 2 aliphatic heterocycles. The third-order valence-electron chi connectivity index (χ3n) is 5.91. The van der Waals surface area contributed by atoms with Crippen LogP contribution in [0.25, 0.3) is 0 Å². The van der Waals surface area contributed by atoms with E-state index in [0.29, 0.717) is 30.9 Å². The van der Waals surface area contributed by atoms with Crippen LogP contribution in [0.15, 0.2) is 29.1 Å². The van der Waals surface area contributed by atoms with E-state index in [4.69, 9.17) is 0 Å². The number of hydrogen-bond donors (Lipinski definition) is 3. The number of nitrogens with zero attached hydrogens (tertiary/aromatic N) is 2. The number of piperidine rings is 1. The number of fused-ring (bicyclic) bond motifs is 1. The van der Waals surface area contributed by atoms with Gasteiger partial charge in [-0.1, -0.05) is 26.0 Å². The van der Waals surface area contributed by atoms with Crippen molar-refractivity contribution in [3.05, 3.63) is 45.7 Å². The number of H-pyrrole nitrogens is 1. The summed E-state index contributed by atoms with van der Waals surface area (Å²) in [6.07, 6.45) is -4.01. The molecule has 3 unspecified atom stereocenters. The molecule has 0 aliphatic carbocycles. The van der Waals surface area contributed by atoms with E-state index >= 15 is 0 Å². The summed E-state index contributed by atoms with van der Waals surface area (Å²) >= 11 is 0. The van der Waals surface area contributed by atoms with E-state index < -0.39 is 40.7 Å². The summed E-state index contributed by atoms with van der Waals surface area (Å²) in [4.78, 5) is 47.2. The minimum Gasteiger partial charge on any atom is -0.342 e. The van der Waals surface area contributed by atoms with Gasteiger partial charge < -0.3 is 15.5 Å². The van der Waals surface area contributed by atoms with E-state index in [-0.39, 0.29) is 17.8 Å². The Labute approximate surface area is 187 Å². The van der Waals surface area contributed by atoms with E-state index in [1.54, 1.807) is 0 Å². The Morgan fingerprint density at radius 2 is 1.82 bits per heavy atom. The Morgan fingerprint density at radius 3 is 2.48 bits per heavy atom. The number of aromatic amines is 1. The number of halogens is 3. The van der Waals surface area contributed by atoms with Gasteiger partial charge in [0.15, 0.2) is 0 Å². The Hall–Kier alpha value is -3.37. The summed E-state index contributed by atoms with van der Waals surface area (Å²) in [7, 11) is 0. The number of hydrogen-bond acceptors (Lipinski definition) is 5. The Kier molecular flexibility index (Phi) is 5.89. The van der Waals surface area contributed by atoms with Crippen LogP contribution < -0.4 is 21.1 Å². The highest BCUT2D eigenvalue weighted by Gasteiger charge is 2.38. The van der Waals surface area contributed by atoms with Crippen molar-refractivity contribution < 1.29 is 22.8 Å². The maximum Gasteiger partial charge on any atom is 0.418 e. The van der Waals surface area contributed by atoms with Gasteiger partial charge >= 0.3 is 6.18 Å². The zero-order chi connectivity index (χ0) is 23.9. The van der Waals surface area contributed by atoms with Gasteiger partial charge in [-0.3, -0.25) is 19.4 Å². The molecule has 33 heavy (non-hydrogen) atoms. The Bertz CT molecular complexity index is 1140. The minimum atomic E-state index is -4.68. The van der Waals surface area contributed by atoms with Crippen molar-refractivity contribution in [1.29, 1.82) is 0 Å². The predicted octanol–water partition coefficient (Wildman–Crippen LogP) is 3.34. The molecule has 2 aliphatic rings. The first-order chi connectivity index (χ1) is 15.5. The largest absolute Gasteiger partial charge is 0.418 e. The van der Waals surface area contributed by atoms with E-state index in [9.17, 15) is 27.6 Å². The lowest BCUT2D eigenvalue weighted by Crippen LogP contribution is -2.42. The van der Waals surface area contributed by atoms with Gasteiger partial charge in [-0.25, -0.2) is 0 Å². The van der Waals surface area contributed by atoms with Crippen LogP contribution in [-0.2, 0) is 15.8 Å². The maximum atomic E-state index is 13.3. The smallest absolute Gasteiger partial charge is 0.342 e. The number of rotatable bonds is 3. The molecular formula is C22H24F3N5O3. The molecule has 176 valence electrons. The van der Waals surface area contributed by atoms with Gasteiger partial charge in [0.2, 0.25) is 17.8 Å². The van der Waals surface area contributed by atoms with Crippen LogP contribution in [0.4, 0.5) is 30.6 Å². The summed E-state index contributed by atoms with van der Waals surface area (Å²) in [6, 6.07) is 4.53. The van der Waals surface area contributed by atoms with Crippen LogP contribution in [-0.4, -0.2) is 34.9 Å². The number of amides is 2. The number of carbonyl (C=O) groups excluding carboxylic acids is 2. The average Bonchev–Trinajstić information content (AvgIpc) is 2.71. The molecule has 1 fully saturated rings. The number of para-hydroxylation sites is 1. The SMILES string of the molecule is CC1CC(C)CN(c2nc3c(c(=O)[nH]2)C(C(=O)Nc2ccccc2C(F)(F)F)CC(=O)N3)C1. The standard InChI is InChI=1S/C22H24F3N5O3/c1-11-7-12(2)10-30(9-11)21-28-18-17(20(33)29-21)13(8-16(31)27-18)19(32)26-15-6-4-3-5-14(15)22(23,24)25/h3-6,11-13H,7-10H2,1-2H3,(H,26,32)(H2,27,28,29,31,33). The van der Waals surface area contributed by atoms with Crippen molar-refractivity contribution in [2.45, 2.75) is 38.8 Å². The van der Waals surface area contributed by atoms with E-state index in [1.807, 2.05) is 4.90 Å². The molecule has 8 nitrogen and oxygen atoms in total. The number of benzene rings is 1. The van der Waals surface area contributed by atoms with Gasteiger partial charge in [-0.2, -0.15) is 18.2 Å². The van der Waals surface area contributed by atoms with Crippen molar-refractivity contribution in [3.63, 3.8) is 0 Å². The number of nitrogens with one attached hydrogen (secondary N) is 3. The molecule has 11 heteroatoms. The fraction of sp³-hybridized carbons (Fsp3) is 0.455. The molecular weight excluding hydrogens is 439 g/mol. The topological polar surface area (TPSA) is 107 Å². The second-order valence-corrected chi connectivity index (χ2v) is 8.84. The third kappa shape index (κ3) is 4.71. The lowest BCUT2D eigenvalue weighted by Gasteiger charge is -2.35. The zero-order valence-corrected chi connectivity index (χ0v) is 18.1. The third-order valence-corrected chi connectivity index (χ3v) is 5.91. The number of alkyl halides is 3. The summed E-state index contributed by atoms with van der Waals surface area (Å²) < 4.78 is 39.9. The molecule has 1 aromatic carbocycles. The predicted molar refractivity (Wildman–Crippen MR) is 116 cm³/mol. The van der Waals surface area contributed by atoms with Crippen molar-refractivity contribution >= 4 is 29.3 Å². The second-order valence-electron chi connectivity index (χ2n) is 8.84. The lowest BCUT2D eigenvalue weighted by atomic mass is 9.91. The summed E-state index contributed by atoms with van der Waals surface area (Å²) in [5.74, 6) is -1.69. The quantitative estimate of drug-likeness (QED) is 0.647. The molecule has 3 heterocycles. The lowest BCUT2D eigenvalue weighted by molar-refractivity contribution is -0.137. The van der Waals surface area contributed by atoms with E-state index in [0.717, 1.165) is 18.6 Å². The van der Waals surface area contributed by atoms with Crippen LogP contribution in [0.1, 0.15) is 43.7 Å². The highest BCUT2D eigenvalue weighted by atomic mass is 19.4. The molecule has 3 N–H and O–H groups in total. The fourth-order valence-electron chi connectivity index (χ4n) is 4.63.